The van der Waals surface area contributed by atoms with E-state index in [-0.39, 0.29) is 6.61 Å². The summed E-state index contributed by atoms with van der Waals surface area (Å²) in [6, 6.07) is 0.325. The number of rotatable bonds is 6. The van der Waals surface area contributed by atoms with E-state index < -0.39 is 15.3 Å². The zero-order chi connectivity index (χ0) is 13.1. The van der Waals surface area contributed by atoms with Crippen molar-refractivity contribution in [2.24, 2.45) is 0 Å². The SMILES string of the molecule is CCN(CC)C1CCN(S(=O)(=O)C(C)CO)C1. The molecule has 0 aromatic rings. The van der Waals surface area contributed by atoms with Crippen LogP contribution in [-0.4, -0.2) is 66.8 Å². The Bertz CT molecular complexity index is 328. The number of aliphatic hydroxyl groups excluding tert-OH is 1. The van der Waals surface area contributed by atoms with E-state index in [4.69, 9.17) is 5.11 Å². The van der Waals surface area contributed by atoms with Gasteiger partial charge >= 0.3 is 0 Å². The van der Waals surface area contributed by atoms with E-state index in [2.05, 4.69) is 18.7 Å². The Morgan fingerprint density at radius 1 is 1.41 bits per heavy atom. The van der Waals surface area contributed by atoms with Crippen molar-refractivity contribution in [1.82, 2.24) is 9.21 Å². The molecule has 1 aliphatic rings. The number of hydrogen-bond donors (Lipinski definition) is 1. The second kappa shape index (κ2) is 6.13. The molecule has 17 heavy (non-hydrogen) atoms. The molecule has 6 heteroatoms. The molecular weight excluding hydrogens is 240 g/mol. The van der Waals surface area contributed by atoms with Crippen LogP contribution in [0, 0.1) is 0 Å². The molecule has 2 unspecified atom stereocenters. The Labute approximate surface area is 104 Å². The highest BCUT2D eigenvalue weighted by Gasteiger charge is 2.36. The molecule has 0 spiro atoms. The zero-order valence-corrected chi connectivity index (χ0v) is 11.8. The first kappa shape index (κ1) is 14.9. The average molecular weight is 264 g/mol. The smallest absolute Gasteiger partial charge is 0.219 e. The minimum Gasteiger partial charge on any atom is -0.395 e. The lowest BCUT2D eigenvalue weighted by atomic mass is 10.2. The van der Waals surface area contributed by atoms with Gasteiger partial charge in [-0.3, -0.25) is 4.90 Å². The van der Waals surface area contributed by atoms with Crippen LogP contribution in [0.3, 0.4) is 0 Å². The average Bonchev–Trinajstić information content (AvgIpc) is 2.79. The molecule has 0 aliphatic carbocycles. The van der Waals surface area contributed by atoms with Gasteiger partial charge in [-0.25, -0.2) is 8.42 Å². The van der Waals surface area contributed by atoms with Gasteiger partial charge in [0.2, 0.25) is 10.0 Å². The minimum atomic E-state index is -3.31. The molecule has 0 saturated carbocycles. The van der Waals surface area contributed by atoms with Crippen LogP contribution in [0.4, 0.5) is 0 Å². The van der Waals surface area contributed by atoms with E-state index >= 15 is 0 Å². The highest BCUT2D eigenvalue weighted by molar-refractivity contribution is 7.89. The van der Waals surface area contributed by atoms with E-state index in [9.17, 15) is 8.42 Å². The number of nitrogens with zero attached hydrogens (tertiary/aromatic N) is 2. The summed E-state index contributed by atoms with van der Waals surface area (Å²) in [4.78, 5) is 2.29. The van der Waals surface area contributed by atoms with Crippen LogP contribution >= 0.6 is 0 Å². The Hall–Kier alpha value is -0.170. The maximum Gasteiger partial charge on any atom is 0.219 e. The van der Waals surface area contributed by atoms with Gasteiger partial charge in [-0.05, 0) is 26.4 Å². The van der Waals surface area contributed by atoms with Gasteiger partial charge in [-0.2, -0.15) is 4.31 Å². The first-order valence-corrected chi connectivity index (χ1v) is 7.81. The maximum atomic E-state index is 12.1. The van der Waals surface area contributed by atoms with Crippen LogP contribution in [0.2, 0.25) is 0 Å². The van der Waals surface area contributed by atoms with Crippen molar-refractivity contribution >= 4 is 10.0 Å². The summed E-state index contributed by atoms with van der Waals surface area (Å²) >= 11 is 0. The fraction of sp³-hybridized carbons (Fsp3) is 1.00. The number of sulfonamides is 1. The van der Waals surface area contributed by atoms with Crippen LogP contribution in [0.25, 0.3) is 0 Å². The summed E-state index contributed by atoms with van der Waals surface area (Å²) in [6.45, 7) is 8.47. The lowest BCUT2D eigenvalue weighted by molar-refractivity contribution is 0.224. The fourth-order valence-electron chi connectivity index (χ4n) is 2.33. The molecule has 0 amide bonds. The van der Waals surface area contributed by atoms with Crippen LogP contribution in [-0.2, 0) is 10.0 Å². The summed E-state index contributed by atoms with van der Waals surface area (Å²) in [6.07, 6.45) is 0.888. The van der Waals surface area contributed by atoms with Crippen molar-refractivity contribution in [2.75, 3.05) is 32.8 Å². The van der Waals surface area contributed by atoms with Gasteiger partial charge in [-0.1, -0.05) is 13.8 Å². The molecule has 1 rings (SSSR count). The van der Waals surface area contributed by atoms with Gasteiger partial charge in [-0.15, -0.1) is 0 Å². The highest BCUT2D eigenvalue weighted by atomic mass is 32.2. The quantitative estimate of drug-likeness (QED) is 0.740. The summed E-state index contributed by atoms with van der Waals surface area (Å²) in [5.74, 6) is 0. The van der Waals surface area contributed by atoms with E-state index in [0.29, 0.717) is 19.1 Å². The number of aliphatic hydroxyl groups is 1. The van der Waals surface area contributed by atoms with E-state index in [1.807, 2.05) is 0 Å². The lowest BCUT2D eigenvalue weighted by Crippen LogP contribution is -2.41. The largest absolute Gasteiger partial charge is 0.395 e. The zero-order valence-electron chi connectivity index (χ0n) is 11.0. The first-order valence-electron chi connectivity index (χ1n) is 6.31. The predicted octanol–water partition coefficient (Wildman–Crippen LogP) is 0.113. The topological polar surface area (TPSA) is 60.9 Å². The van der Waals surface area contributed by atoms with Crippen molar-refractivity contribution in [3.05, 3.63) is 0 Å². The molecule has 1 heterocycles. The third-order valence-electron chi connectivity index (χ3n) is 3.58. The van der Waals surface area contributed by atoms with E-state index in [0.717, 1.165) is 19.5 Å². The van der Waals surface area contributed by atoms with Gasteiger partial charge < -0.3 is 5.11 Å². The molecule has 0 radical (unpaired) electrons. The Kier molecular flexibility index (Phi) is 5.37. The fourth-order valence-corrected chi connectivity index (χ4v) is 3.77. The molecule has 1 aliphatic heterocycles. The normalized spacial score (nSPS) is 24.4. The monoisotopic (exact) mass is 264 g/mol. The van der Waals surface area contributed by atoms with Crippen molar-refractivity contribution in [1.29, 1.82) is 0 Å². The molecule has 0 aromatic carbocycles. The maximum absolute atomic E-state index is 12.1. The van der Waals surface area contributed by atoms with E-state index in [1.165, 1.54) is 4.31 Å². The summed E-state index contributed by atoms with van der Waals surface area (Å²) < 4.78 is 25.6. The Morgan fingerprint density at radius 2 is 2.00 bits per heavy atom. The third-order valence-corrected chi connectivity index (χ3v) is 5.80. The number of likely N-dealkylation sites (N-methyl/N-ethyl adjacent to an activating group) is 1. The van der Waals surface area contributed by atoms with Crippen LogP contribution in [0.1, 0.15) is 27.2 Å². The summed E-state index contributed by atoms with van der Waals surface area (Å²) in [5, 5.41) is 8.29. The van der Waals surface area contributed by atoms with Gasteiger partial charge in [0.05, 0.1) is 11.9 Å². The van der Waals surface area contributed by atoms with Crippen LogP contribution in [0.15, 0.2) is 0 Å². The molecule has 1 saturated heterocycles. The molecule has 0 bridgehead atoms. The highest BCUT2D eigenvalue weighted by Crippen LogP contribution is 2.20. The van der Waals surface area contributed by atoms with Crippen molar-refractivity contribution in [3.63, 3.8) is 0 Å². The molecule has 102 valence electrons. The molecule has 0 aromatic heterocycles. The van der Waals surface area contributed by atoms with Crippen LogP contribution < -0.4 is 0 Å². The van der Waals surface area contributed by atoms with Gasteiger partial charge in [0.1, 0.15) is 0 Å². The summed E-state index contributed by atoms with van der Waals surface area (Å²) in [5.41, 5.74) is 0. The second-order valence-electron chi connectivity index (χ2n) is 4.56. The van der Waals surface area contributed by atoms with Gasteiger partial charge in [0.15, 0.2) is 0 Å². The van der Waals surface area contributed by atoms with Crippen molar-refractivity contribution < 1.29 is 13.5 Å². The van der Waals surface area contributed by atoms with Crippen molar-refractivity contribution in [3.8, 4) is 0 Å². The molecule has 5 nitrogen and oxygen atoms in total. The van der Waals surface area contributed by atoms with Gasteiger partial charge in [0, 0.05) is 19.1 Å². The molecule has 1 N–H and O–H groups in total. The predicted molar refractivity (Wildman–Crippen MR) is 68.4 cm³/mol. The Morgan fingerprint density at radius 3 is 2.47 bits per heavy atom. The standard InChI is InChI=1S/C11H24N2O3S/c1-4-12(5-2)11-6-7-13(8-11)17(15,16)10(3)9-14/h10-11,14H,4-9H2,1-3H3. The van der Waals surface area contributed by atoms with Crippen molar-refractivity contribution in [2.45, 2.75) is 38.5 Å². The summed E-state index contributed by atoms with van der Waals surface area (Å²) in [7, 11) is -3.31. The molecule has 2 atom stereocenters. The molecule has 1 fully saturated rings. The first-order chi connectivity index (χ1) is 7.97. The molecular formula is C11H24N2O3S. The van der Waals surface area contributed by atoms with Crippen LogP contribution in [0.5, 0.6) is 0 Å². The minimum absolute atomic E-state index is 0.311. The second-order valence-corrected chi connectivity index (χ2v) is 6.91. The van der Waals surface area contributed by atoms with Gasteiger partial charge in [0.25, 0.3) is 0 Å². The lowest BCUT2D eigenvalue weighted by Gasteiger charge is -2.26. The van der Waals surface area contributed by atoms with E-state index in [1.54, 1.807) is 6.92 Å². The third kappa shape index (κ3) is 3.19. The number of hydrogen-bond acceptors (Lipinski definition) is 4. The Balaban J connectivity index is 2.67.